The number of hydrogen-bond donors (Lipinski definition) is 0. The topological polar surface area (TPSA) is 43.2 Å². The van der Waals surface area contributed by atoms with Crippen LogP contribution in [-0.4, -0.2) is 14.8 Å². The fourth-order valence-electron chi connectivity index (χ4n) is 2.93. The largest absolute Gasteiger partial charge is 0.354 e. The van der Waals surface area contributed by atoms with Crippen molar-refractivity contribution in [2.75, 3.05) is 0 Å². The van der Waals surface area contributed by atoms with Crippen LogP contribution in [0.15, 0.2) is 48.8 Å². The molecule has 3 aromatic rings. The molecule has 24 heavy (non-hydrogen) atoms. The summed E-state index contributed by atoms with van der Waals surface area (Å²) in [7, 11) is 0. The van der Waals surface area contributed by atoms with Gasteiger partial charge in [0, 0.05) is 22.2 Å². The number of ether oxygens (including phenoxy) is 1. The van der Waals surface area contributed by atoms with Crippen molar-refractivity contribution in [3.05, 3.63) is 82.9 Å². The van der Waals surface area contributed by atoms with E-state index in [4.69, 9.17) is 16.3 Å². The fraction of sp³-hybridized carbons (Fsp3) is 0.176. The van der Waals surface area contributed by atoms with Crippen LogP contribution in [0.2, 0.25) is 5.02 Å². The van der Waals surface area contributed by atoms with Crippen molar-refractivity contribution in [1.29, 1.82) is 0 Å². The number of nitrogens with zero attached hydrogens (tertiary/aromatic N) is 3. The van der Waals surface area contributed by atoms with Gasteiger partial charge in [-0.3, -0.25) is 0 Å². The highest BCUT2D eigenvalue weighted by atomic mass is 35.5. The number of epoxide rings is 1. The van der Waals surface area contributed by atoms with E-state index >= 15 is 0 Å². The summed E-state index contributed by atoms with van der Waals surface area (Å²) in [4.78, 5) is 3.77. The van der Waals surface area contributed by atoms with Gasteiger partial charge in [-0.2, -0.15) is 5.10 Å². The average Bonchev–Trinajstić information content (AvgIpc) is 3.01. The second kappa shape index (κ2) is 5.65. The quantitative estimate of drug-likeness (QED) is 0.677. The zero-order valence-electron chi connectivity index (χ0n) is 12.3. The van der Waals surface area contributed by atoms with Crippen LogP contribution in [0.25, 0.3) is 0 Å². The highest BCUT2D eigenvalue weighted by Gasteiger charge is 2.60. The Balaban J connectivity index is 1.79. The van der Waals surface area contributed by atoms with Crippen LogP contribution in [-0.2, 0) is 16.9 Å². The number of benzene rings is 2. The van der Waals surface area contributed by atoms with Crippen LogP contribution in [0, 0.1) is 18.0 Å². The van der Waals surface area contributed by atoms with Gasteiger partial charge in [0.1, 0.15) is 29.7 Å². The minimum atomic E-state index is -1.03. The molecule has 4 rings (SSSR count). The standard InChI is InChI=1S/C17H11ClF2N3O/c18-14-4-2-1-3-12(14)16-17(24-16,8-23-10-21-9-22-23)13-6-5-11(19)7-15(13)20/h1-7,9,16H,8H2/t16-,17-/m1/s1. The molecule has 0 spiro atoms. The minimum Gasteiger partial charge on any atom is -0.354 e. The maximum absolute atomic E-state index is 14.4. The molecule has 0 bridgehead atoms. The third-order valence-corrected chi connectivity index (χ3v) is 4.42. The van der Waals surface area contributed by atoms with E-state index in [0.717, 1.165) is 11.6 Å². The number of hydrogen-bond acceptors (Lipinski definition) is 3. The summed E-state index contributed by atoms with van der Waals surface area (Å²) >= 11 is 6.24. The normalized spacial score (nSPS) is 22.5. The lowest BCUT2D eigenvalue weighted by atomic mass is 9.91. The summed E-state index contributed by atoms with van der Waals surface area (Å²) in [6, 6.07) is 10.6. The van der Waals surface area contributed by atoms with E-state index in [1.165, 1.54) is 23.1 Å². The van der Waals surface area contributed by atoms with Gasteiger partial charge in [0.2, 0.25) is 0 Å². The molecular weight excluding hydrogens is 336 g/mol. The summed E-state index contributed by atoms with van der Waals surface area (Å²) < 4.78 is 35.0. The fourth-order valence-corrected chi connectivity index (χ4v) is 3.16. The molecule has 121 valence electrons. The summed E-state index contributed by atoms with van der Waals surface area (Å²) in [6.45, 7) is 0.186. The van der Waals surface area contributed by atoms with Gasteiger partial charge in [-0.05, 0) is 12.1 Å². The number of rotatable bonds is 4. The van der Waals surface area contributed by atoms with E-state index in [0.29, 0.717) is 5.02 Å². The second-order valence-electron chi connectivity index (χ2n) is 5.55. The minimum absolute atomic E-state index is 0.186. The van der Waals surface area contributed by atoms with Crippen LogP contribution in [0.4, 0.5) is 8.78 Å². The molecular formula is C17H11ClF2N3O. The van der Waals surface area contributed by atoms with Crippen LogP contribution in [0.3, 0.4) is 0 Å². The van der Waals surface area contributed by atoms with E-state index in [1.54, 1.807) is 12.1 Å². The highest BCUT2D eigenvalue weighted by Crippen LogP contribution is 2.59. The molecule has 0 saturated carbocycles. The van der Waals surface area contributed by atoms with E-state index in [-0.39, 0.29) is 12.1 Å². The van der Waals surface area contributed by atoms with Crippen LogP contribution >= 0.6 is 11.6 Å². The first-order chi connectivity index (χ1) is 11.6. The molecule has 1 aliphatic rings. The van der Waals surface area contributed by atoms with Gasteiger partial charge >= 0.3 is 0 Å². The summed E-state index contributed by atoms with van der Waals surface area (Å²) in [6.07, 6.45) is 3.53. The molecule has 0 aliphatic carbocycles. The van der Waals surface area contributed by atoms with E-state index in [9.17, 15) is 8.78 Å². The van der Waals surface area contributed by atoms with Crippen molar-refractivity contribution in [1.82, 2.24) is 14.8 Å². The Kier molecular flexibility index (Phi) is 3.58. The van der Waals surface area contributed by atoms with Crippen molar-refractivity contribution in [2.45, 2.75) is 18.2 Å². The van der Waals surface area contributed by atoms with Gasteiger partial charge in [0.15, 0.2) is 6.33 Å². The van der Waals surface area contributed by atoms with Gasteiger partial charge in [-0.15, -0.1) is 0 Å². The Morgan fingerprint density at radius 3 is 2.79 bits per heavy atom. The average molecular weight is 347 g/mol. The molecule has 2 atom stereocenters. The molecule has 1 fully saturated rings. The van der Waals surface area contributed by atoms with Crippen LogP contribution < -0.4 is 0 Å². The third-order valence-electron chi connectivity index (χ3n) is 4.08. The lowest BCUT2D eigenvalue weighted by Gasteiger charge is -2.15. The molecule has 1 aliphatic heterocycles. The molecule has 7 heteroatoms. The first-order valence-corrected chi connectivity index (χ1v) is 7.61. The molecule has 1 radical (unpaired) electrons. The van der Waals surface area contributed by atoms with Crippen molar-refractivity contribution in [3.63, 3.8) is 0 Å². The Morgan fingerprint density at radius 2 is 2.08 bits per heavy atom. The van der Waals surface area contributed by atoms with Crippen molar-refractivity contribution >= 4 is 11.6 Å². The van der Waals surface area contributed by atoms with E-state index < -0.39 is 23.3 Å². The molecule has 4 nitrogen and oxygen atoms in total. The summed E-state index contributed by atoms with van der Waals surface area (Å²) in [5, 5.41) is 4.53. The van der Waals surface area contributed by atoms with Gasteiger partial charge < -0.3 is 4.74 Å². The maximum Gasteiger partial charge on any atom is 0.196 e. The van der Waals surface area contributed by atoms with Crippen molar-refractivity contribution in [2.24, 2.45) is 0 Å². The molecule has 2 heterocycles. The number of aromatic nitrogens is 3. The Hall–Kier alpha value is -2.31. The molecule has 2 aromatic carbocycles. The van der Waals surface area contributed by atoms with Gasteiger partial charge in [-0.1, -0.05) is 35.9 Å². The predicted octanol–water partition coefficient (Wildman–Crippen LogP) is 3.68. The second-order valence-corrected chi connectivity index (χ2v) is 5.96. The lowest BCUT2D eigenvalue weighted by Crippen LogP contribution is -2.21. The summed E-state index contributed by atoms with van der Waals surface area (Å²) in [5.74, 6) is -1.32. The molecule has 1 saturated heterocycles. The first kappa shape index (κ1) is 15.2. The SMILES string of the molecule is Fc1ccc([C@@]2(Cn3[c]ncn3)O[C@@H]2c2ccccc2Cl)c(F)c1. The van der Waals surface area contributed by atoms with E-state index in [1.807, 2.05) is 12.1 Å². The van der Waals surface area contributed by atoms with Crippen LogP contribution in [0.5, 0.6) is 0 Å². The highest BCUT2D eigenvalue weighted by molar-refractivity contribution is 6.31. The first-order valence-electron chi connectivity index (χ1n) is 7.23. The molecule has 0 unspecified atom stereocenters. The smallest absolute Gasteiger partial charge is 0.196 e. The Morgan fingerprint density at radius 1 is 1.25 bits per heavy atom. The summed E-state index contributed by atoms with van der Waals surface area (Å²) in [5.41, 5.74) is -0.0480. The van der Waals surface area contributed by atoms with Crippen molar-refractivity contribution in [3.8, 4) is 0 Å². The van der Waals surface area contributed by atoms with Gasteiger partial charge in [-0.25, -0.2) is 18.4 Å². The maximum atomic E-state index is 14.4. The zero-order chi connectivity index (χ0) is 16.7. The molecule has 0 N–H and O–H groups in total. The number of halogens is 3. The van der Waals surface area contributed by atoms with Crippen LogP contribution in [0.1, 0.15) is 17.2 Å². The monoisotopic (exact) mass is 346 g/mol. The Labute approximate surface area is 141 Å². The Bertz CT molecular complexity index is 887. The predicted molar refractivity (Wildman–Crippen MR) is 82.2 cm³/mol. The van der Waals surface area contributed by atoms with E-state index in [2.05, 4.69) is 16.4 Å². The van der Waals surface area contributed by atoms with Gasteiger partial charge in [0.25, 0.3) is 0 Å². The third kappa shape index (κ3) is 2.48. The zero-order valence-corrected chi connectivity index (χ0v) is 13.0. The molecule has 0 amide bonds. The molecule has 1 aromatic heterocycles. The van der Waals surface area contributed by atoms with Gasteiger partial charge in [0.05, 0.1) is 6.54 Å². The van der Waals surface area contributed by atoms with Crippen molar-refractivity contribution < 1.29 is 13.5 Å². The lowest BCUT2D eigenvalue weighted by molar-refractivity contribution is 0.256.